The molecular formula is C23H22N2O3S. The molecule has 2 heterocycles. The zero-order valence-corrected chi connectivity index (χ0v) is 17.5. The van der Waals surface area contributed by atoms with Crippen molar-refractivity contribution in [3.05, 3.63) is 91.4 Å². The Balaban J connectivity index is 1.92. The molecule has 0 N–H and O–H groups in total. The minimum atomic E-state index is -0.342. The largest absolute Gasteiger partial charge is 0.494 e. The van der Waals surface area contributed by atoms with E-state index in [-0.39, 0.29) is 11.2 Å². The molecule has 0 aliphatic heterocycles. The second-order valence-electron chi connectivity index (χ2n) is 7.00. The van der Waals surface area contributed by atoms with Gasteiger partial charge in [-0.15, -0.1) is 11.3 Å². The van der Waals surface area contributed by atoms with Crippen molar-refractivity contribution >= 4 is 21.6 Å². The molecule has 4 rings (SSSR count). The van der Waals surface area contributed by atoms with Crippen LogP contribution in [0.25, 0.3) is 15.9 Å². The number of hydrogen-bond acceptors (Lipinski definition) is 4. The van der Waals surface area contributed by atoms with Crippen molar-refractivity contribution in [2.75, 3.05) is 6.61 Å². The normalized spacial score (nSPS) is 11.1. The van der Waals surface area contributed by atoms with Crippen LogP contribution in [-0.2, 0) is 6.54 Å². The Bertz CT molecular complexity index is 1300. The Morgan fingerprint density at radius 2 is 1.76 bits per heavy atom. The van der Waals surface area contributed by atoms with E-state index in [1.54, 1.807) is 28.8 Å². The number of ether oxygens (including phenoxy) is 1. The maximum Gasteiger partial charge on any atom is 0.336 e. The standard InChI is InChI=1S/C23H22N2O3S/c1-4-28-19-9-7-18(8-10-19)25-22(26)21-20(11-12-29-21)24(23(25)27)14-17-13-15(2)5-6-16(17)3/h5-13H,4,14H2,1-3H3. The van der Waals surface area contributed by atoms with Crippen LogP contribution in [0, 0.1) is 13.8 Å². The lowest BCUT2D eigenvalue weighted by molar-refractivity contribution is 0.340. The average molecular weight is 407 g/mol. The molecule has 148 valence electrons. The summed E-state index contributed by atoms with van der Waals surface area (Å²) < 4.78 is 8.98. The van der Waals surface area contributed by atoms with E-state index in [0.717, 1.165) is 16.7 Å². The summed E-state index contributed by atoms with van der Waals surface area (Å²) in [5, 5.41) is 1.85. The van der Waals surface area contributed by atoms with E-state index in [9.17, 15) is 9.59 Å². The molecule has 0 bridgehead atoms. The average Bonchev–Trinajstić information content (AvgIpc) is 3.19. The molecule has 0 atom stereocenters. The summed E-state index contributed by atoms with van der Waals surface area (Å²) in [4.78, 5) is 26.5. The maximum absolute atomic E-state index is 13.4. The van der Waals surface area contributed by atoms with Crippen LogP contribution in [0.1, 0.15) is 23.6 Å². The molecule has 0 unspecified atom stereocenters. The lowest BCUT2D eigenvalue weighted by atomic mass is 10.1. The number of aryl methyl sites for hydroxylation is 2. The highest BCUT2D eigenvalue weighted by Gasteiger charge is 2.16. The van der Waals surface area contributed by atoms with Crippen molar-refractivity contribution in [1.82, 2.24) is 9.13 Å². The van der Waals surface area contributed by atoms with Crippen molar-refractivity contribution in [3.63, 3.8) is 0 Å². The molecule has 29 heavy (non-hydrogen) atoms. The van der Waals surface area contributed by atoms with E-state index in [1.807, 2.05) is 32.2 Å². The second kappa shape index (κ2) is 7.72. The fourth-order valence-electron chi connectivity index (χ4n) is 3.47. The van der Waals surface area contributed by atoms with Crippen molar-refractivity contribution < 1.29 is 4.74 Å². The molecule has 4 aromatic rings. The van der Waals surface area contributed by atoms with Gasteiger partial charge in [-0.1, -0.05) is 23.8 Å². The van der Waals surface area contributed by atoms with Gasteiger partial charge >= 0.3 is 5.69 Å². The predicted molar refractivity (Wildman–Crippen MR) is 118 cm³/mol. The quantitative estimate of drug-likeness (QED) is 0.497. The summed E-state index contributed by atoms with van der Waals surface area (Å²) in [6.45, 7) is 6.95. The Morgan fingerprint density at radius 3 is 2.48 bits per heavy atom. The third-order valence-electron chi connectivity index (χ3n) is 4.99. The number of hydrogen-bond donors (Lipinski definition) is 0. The molecule has 0 fully saturated rings. The van der Waals surface area contributed by atoms with Crippen molar-refractivity contribution in [2.24, 2.45) is 0 Å². The minimum absolute atomic E-state index is 0.290. The molecule has 2 aromatic carbocycles. The Labute approximate surface area is 172 Å². The van der Waals surface area contributed by atoms with Gasteiger partial charge in [-0.2, -0.15) is 0 Å². The lowest BCUT2D eigenvalue weighted by Gasteiger charge is -2.14. The SMILES string of the molecule is CCOc1ccc(-n2c(=O)c3sccc3n(Cc3cc(C)ccc3C)c2=O)cc1. The Morgan fingerprint density at radius 1 is 1.00 bits per heavy atom. The van der Waals surface area contributed by atoms with Crippen LogP contribution in [0.2, 0.25) is 0 Å². The predicted octanol–water partition coefficient (Wildman–Crippen LogP) is 4.28. The fraction of sp³-hybridized carbons (Fsp3) is 0.217. The Kier molecular flexibility index (Phi) is 5.11. The van der Waals surface area contributed by atoms with Crippen molar-refractivity contribution in [1.29, 1.82) is 0 Å². The second-order valence-corrected chi connectivity index (χ2v) is 7.92. The number of nitrogens with zero attached hydrogens (tertiary/aromatic N) is 2. The maximum atomic E-state index is 13.4. The number of aromatic nitrogens is 2. The molecule has 0 amide bonds. The van der Waals surface area contributed by atoms with Crippen molar-refractivity contribution in [2.45, 2.75) is 27.3 Å². The van der Waals surface area contributed by atoms with Gasteiger partial charge in [-0.3, -0.25) is 9.36 Å². The highest BCUT2D eigenvalue weighted by atomic mass is 32.1. The molecular weight excluding hydrogens is 384 g/mol. The summed E-state index contributed by atoms with van der Waals surface area (Å²) >= 11 is 1.36. The molecule has 0 aliphatic rings. The highest BCUT2D eigenvalue weighted by Crippen LogP contribution is 2.20. The van der Waals surface area contributed by atoms with E-state index in [2.05, 4.69) is 18.2 Å². The Hall–Kier alpha value is -3.12. The van der Waals surface area contributed by atoms with Crippen LogP contribution in [0.4, 0.5) is 0 Å². The van der Waals surface area contributed by atoms with Crippen LogP contribution in [0.5, 0.6) is 5.75 Å². The van der Waals surface area contributed by atoms with Crippen LogP contribution < -0.4 is 16.0 Å². The summed E-state index contributed by atoms with van der Waals surface area (Å²) in [5.74, 6) is 0.706. The summed E-state index contributed by atoms with van der Waals surface area (Å²) in [7, 11) is 0. The first-order valence-corrected chi connectivity index (χ1v) is 10.4. The molecule has 0 saturated heterocycles. The van der Waals surface area contributed by atoms with E-state index in [0.29, 0.717) is 34.8 Å². The van der Waals surface area contributed by atoms with Gasteiger partial charge in [0.05, 0.1) is 24.4 Å². The summed E-state index contributed by atoms with van der Waals surface area (Å²) in [6, 6.07) is 15.1. The van der Waals surface area contributed by atoms with E-state index in [4.69, 9.17) is 4.74 Å². The fourth-order valence-corrected chi connectivity index (χ4v) is 4.29. The third kappa shape index (κ3) is 3.51. The zero-order valence-electron chi connectivity index (χ0n) is 16.6. The van der Waals surface area contributed by atoms with Gasteiger partial charge in [-0.05, 0) is 67.6 Å². The topological polar surface area (TPSA) is 53.2 Å². The molecule has 2 aromatic heterocycles. The smallest absolute Gasteiger partial charge is 0.336 e. The van der Waals surface area contributed by atoms with Gasteiger partial charge in [0, 0.05) is 0 Å². The monoisotopic (exact) mass is 406 g/mol. The third-order valence-corrected chi connectivity index (χ3v) is 5.89. The number of fused-ring (bicyclic) bond motifs is 1. The van der Waals surface area contributed by atoms with Gasteiger partial charge < -0.3 is 4.74 Å². The van der Waals surface area contributed by atoms with Crippen LogP contribution >= 0.6 is 11.3 Å². The van der Waals surface area contributed by atoms with Gasteiger partial charge in [0.1, 0.15) is 10.4 Å². The number of rotatable bonds is 5. The van der Waals surface area contributed by atoms with Gasteiger partial charge in [0.25, 0.3) is 5.56 Å². The van der Waals surface area contributed by atoms with Gasteiger partial charge in [0.15, 0.2) is 0 Å². The molecule has 6 heteroatoms. The van der Waals surface area contributed by atoms with E-state index >= 15 is 0 Å². The first-order valence-electron chi connectivity index (χ1n) is 9.52. The molecule has 5 nitrogen and oxygen atoms in total. The minimum Gasteiger partial charge on any atom is -0.494 e. The molecule has 0 saturated carbocycles. The van der Waals surface area contributed by atoms with E-state index < -0.39 is 0 Å². The molecule has 0 spiro atoms. The lowest BCUT2D eigenvalue weighted by Crippen LogP contribution is -2.38. The van der Waals surface area contributed by atoms with Crippen LogP contribution in [-0.4, -0.2) is 15.7 Å². The first-order chi connectivity index (χ1) is 14.0. The van der Waals surface area contributed by atoms with Crippen molar-refractivity contribution in [3.8, 4) is 11.4 Å². The summed E-state index contributed by atoms with van der Waals surface area (Å²) in [5.41, 5.74) is 3.90. The number of benzene rings is 2. The van der Waals surface area contributed by atoms with E-state index in [1.165, 1.54) is 15.9 Å². The molecule has 0 aliphatic carbocycles. The first kappa shape index (κ1) is 19.2. The molecule has 0 radical (unpaired) electrons. The van der Waals surface area contributed by atoms with Gasteiger partial charge in [0.2, 0.25) is 0 Å². The zero-order chi connectivity index (χ0) is 20.5. The number of thiophene rings is 1. The van der Waals surface area contributed by atoms with Crippen LogP contribution in [0.15, 0.2) is 63.5 Å². The van der Waals surface area contributed by atoms with Gasteiger partial charge in [-0.25, -0.2) is 9.36 Å². The summed E-state index contributed by atoms with van der Waals surface area (Å²) in [6.07, 6.45) is 0. The van der Waals surface area contributed by atoms with Crippen LogP contribution in [0.3, 0.4) is 0 Å². The highest BCUT2D eigenvalue weighted by molar-refractivity contribution is 7.17.